The first-order chi connectivity index (χ1) is 9.08. The summed E-state index contributed by atoms with van der Waals surface area (Å²) in [7, 11) is 0. The number of aliphatic carboxylic acids is 1. The number of rotatable bonds is 3. The van der Waals surface area contributed by atoms with Gasteiger partial charge in [-0.15, -0.1) is 0 Å². The van der Waals surface area contributed by atoms with Crippen LogP contribution in [0.5, 0.6) is 0 Å². The second kappa shape index (κ2) is 6.06. The molecule has 1 saturated heterocycles. The largest absolute Gasteiger partial charge is 0.481 e. The number of carboxylic acids is 1. The Hall–Kier alpha value is -1.56. The Morgan fingerprint density at radius 3 is 2.95 bits per heavy atom. The normalized spacial score (nSPS) is 19.2. The number of amides is 2. The van der Waals surface area contributed by atoms with Gasteiger partial charge in [-0.2, -0.15) is 11.3 Å². The van der Waals surface area contributed by atoms with Gasteiger partial charge in [0.2, 0.25) is 0 Å². The molecule has 1 unspecified atom stereocenters. The number of thiophene rings is 1. The predicted molar refractivity (Wildman–Crippen MR) is 73.2 cm³/mol. The van der Waals surface area contributed by atoms with E-state index in [0.717, 1.165) is 12.0 Å². The topological polar surface area (TPSA) is 69.6 Å². The molecule has 1 aromatic rings. The number of nitrogens with zero attached hydrogens (tertiary/aromatic N) is 1. The average Bonchev–Trinajstić information content (AvgIpc) is 2.81. The van der Waals surface area contributed by atoms with Crippen molar-refractivity contribution in [3.8, 4) is 0 Å². The lowest BCUT2D eigenvalue weighted by atomic mass is 9.99. The summed E-state index contributed by atoms with van der Waals surface area (Å²) in [6.45, 7) is 3.46. The van der Waals surface area contributed by atoms with Crippen molar-refractivity contribution in [3.05, 3.63) is 21.9 Å². The molecule has 0 saturated carbocycles. The van der Waals surface area contributed by atoms with Crippen molar-refractivity contribution in [1.82, 2.24) is 10.2 Å². The Balaban J connectivity index is 1.86. The van der Waals surface area contributed by atoms with Gasteiger partial charge < -0.3 is 15.3 Å². The van der Waals surface area contributed by atoms with Crippen molar-refractivity contribution in [1.29, 1.82) is 0 Å². The Bertz CT molecular complexity index is 472. The number of urea groups is 1. The molecule has 19 heavy (non-hydrogen) atoms. The molecular formula is C13H18N2O3S. The lowest BCUT2D eigenvalue weighted by Gasteiger charge is -2.30. The maximum atomic E-state index is 12.0. The number of carbonyl (C=O) groups is 2. The van der Waals surface area contributed by atoms with Crippen LogP contribution in [-0.4, -0.2) is 35.1 Å². The molecule has 6 heteroatoms. The summed E-state index contributed by atoms with van der Waals surface area (Å²) in [5.74, 6) is -1.24. The SMILES string of the molecule is Cc1cscc1CNC(=O)N1CCCC(C(=O)O)C1. The van der Waals surface area contributed by atoms with Crippen molar-refractivity contribution in [2.24, 2.45) is 5.92 Å². The maximum absolute atomic E-state index is 12.0. The minimum Gasteiger partial charge on any atom is -0.481 e. The molecule has 0 spiro atoms. The lowest BCUT2D eigenvalue weighted by molar-refractivity contribution is -0.143. The molecule has 0 aromatic carbocycles. The molecule has 2 amide bonds. The smallest absolute Gasteiger partial charge is 0.317 e. The summed E-state index contributed by atoms with van der Waals surface area (Å²) in [5, 5.41) is 15.9. The van der Waals surface area contributed by atoms with Crippen molar-refractivity contribution in [3.63, 3.8) is 0 Å². The highest BCUT2D eigenvalue weighted by atomic mass is 32.1. The van der Waals surface area contributed by atoms with Gasteiger partial charge in [-0.1, -0.05) is 0 Å². The molecule has 2 heterocycles. The van der Waals surface area contributed by atoms with Crippen LogP contribution in [0, 0.1) is 12.8 Å². The van der Waals surface area contributed by atoms with Crippen molar-refractivity contribution in [2.45, 2.75) is 26.3 Å². The third-order valence-corrected chi connectivity index (χ3v) is 4.36. The van der Waals surface area contributed by atoms with E-state index in [1.54, 1.807) is 16.2 Å². The Morgan fingerprint density at radius 2 is 2.32 bits per heavy atom. The summed E-state index contributed by atoms with van der Waals surface area (Å²) in [6.07, 6.45) is 1.41. The predicted octanol–water partition coefficient (Wildman–Crippen LogP) is 2.06. The number of piperidine rings is 1. The third-order valence-electron chi connectivity index (χ3n) is 3.45. The Labute approximate surface area is 116 Å². The van der Waals surface area contributed by atoms with E-state index < -0.39 is 11.9 Å². The second-order valence-corrected chi connectivity index (χ2v) is 5.61. The maximum Gasteiger partial charge on any atom is 0.317 e. The van der Waals surface area contributed by atoms with E-state index >= 15 is 0 Å². The van der Waals surface area contributed by atoms with E-state index in [1.807, 2.05) is 17.7 Å². The number of aryl methyl sites for hydroxylation is 1. The zero-order valence-electron chi connectivity index (χ0n) is 10.9. The fraction of sp³-hybridized carbons (Fsp3) is 0.538. The molecule has 5 nitrogen and oxygen atoms in total. The van der Waals surface area contributed by atoms with Crippen LogP contribution in [0.25, 0.3) is 0 Å². The van der Waals surface area contributed by atoms with E-state index in [2.05, 4.69) is 5.32 Å². The van der Waals surface area contributed by atoms with Crippen LogP contribution in [0.3, 0.4) is 0 Å². The van der Waals surface area contributed by atoms with Crippen LogP contribution in [0.2, 0.25) is 0 Å². The van der Waals surface area contributed by atoms with Gasteiger partial charge in [0.1, 0.15) is 0 Å². The zero-order valence-corrected chi connectivity index (χ0v) is 11.7. The first kappa shape index (κ1) is 13.9. The van der Waals surface area contributed by atoms with Crippen molar-refractivity contribution >= 4 is 23.3 Å². The number of likely N-dealkylation sites (tertiary alicyclic amines) is 1. The molecule has 2 rings (SSSR count). The third kappa shape index (κ3) is 3.47. The van der Waals surface area contributed by atoms with Gasteiger partial charge in [0, 0.05) is 19.6 Å². The number of carbonyl (C=O) groups excluding carboxylic acids is 1. The van der Waals surface area contributed by atoms with E-state index in [0.29, 0.717) is 26.1 Å². The Kier molecular flexibility index (Phi) is 4.42. The summed E-state index contributed by atoms with van der Waals surface area (Å²) in [5.41, 5.74) is 2.29. The molecule has 2 N–H and O–H groups in total. The standard InChI is InChI=1S/C13H18N2O3S/c1-9-7-19-8-11(9)5-14-13(18)15-4-2-3-10(6-15)12(16)17/h7-8,10H,2-6H2,1H3,(H,14,18)(H,16,17). The van der Waals surface area contributed by atoms with E-state index in [9.17, 15) is 9.59 Å². The van der Waals surface area contributed by atoms with Gasteiger partial charge in [0.05, 0.1) is 5.92 Å². The average molecular weight is 282 g/mol. The van der Waals surface area contributed by atoms with Crippen LogP contribution in [0.15, 0.2) is 10.8 Å². The summed E-state index contributed by atoms with van der Waals surface area (Å²) in [6, 6.07) is -0.170. The molecule has 1 atom stereocenters. The van der Waals surface area contributed by atoms with Gasteiger partial charge in [0.25, 0.3) is 0 Å². The van der Waals surface area contributed by atoms with Gasteiger partial charge in [-0.3, -0.25) is 4.79 Å². The summed E-state index contributed by atoms with van der Waals surface area (Å²) < 4.78 is 0. The highest BCUT2D eigenvalue weighted by Gasteiger charge is 2.27. The van der Waals surface area contributed by atoms with Crippen LogP contribution in [0.1, 0.15) is 24.0 Å². The highest BCUT2D eigenvalue weighted by molar-refractivity contribution is 7.08. The van der Waals surface area contributed by atoms with E-state index in [4.69, 9.17) is 5.11 Å². The van der Waals surface area contributed by atoms with Crippen molar-refractivity contribution < 1.29 is 14.7 Å². The van der Waals surface area contributed by atoms with Gasteiger partial charge in [-0.05, 0) is 41.7 Å². The molecule has 0 bridgehead atoms. The molecule has 1 fully saturated rings. The number of hydrogen-bond acceptors (Lipinski definition) is 3. The molecule has 1 aliphatic rings. The molecule has 104 valence electrons. The van der Waals surface area contributed by atoms with Gasteiger partial charge in [0.15, 0.2) is 0 Å². The lowest BCUT2D eigenvalue weighted by Crippen LogP contribution is -2.46. The van der Waals surface area contributed by atoms with Gasteiger partial charge in [-0.25, -0.2) is 4.79 Å². The highest BCUT2D eigenvalue weighted by Crippen LogP contribution is 2.17. The van der Waals surface area contributed by atoms with Crippen molar-refractivity contribution in [2.75, 3.05) is 13.1 Å². The van der Waals surface area contributed by atoms with E-state index in [1.165, 1.54) is 5.56 Å². The fourth-order valence-corrected chi connectivity index (χ4v) is 3.07. The molecule has 1 aromatic heterocycles. The zero-order chi connectivity index (χ0) is 13.8. The first-order valence-corrected chi connectivity index (χ1v) is 7.29. The van der Waals surface area contributed by atoms with Crippen LogP contribution < -0.4 is 5.32 Å². The summed E-state index contributed by atoms with van der Waals surface area (Å²) in [4.78, 5) is 24.6. The second-order valence-electron chi connectivity index (χ2n) is 4.86. The molecule has 0 aliphatic carbocycles. The molecule has 0 radical (unpaired) electrons. The quantitative estimate of drug-likeness (QED) is 0.891. The monoisotopic (exact) mass is 282 g/mol. The fourth-order valence-electron chi connectivity index (χ4n) is 2.21. The molecule has 1 aliphatic heterocycles. The Morgan fingerprint density at radius 1 is 1.53 bits per heavy atom. The summed E-state index contributed by atoms with van der Waals surface area (Å²) >= 11 is 1.62. The van der Waals surface area contributed by atoms with Crippen LogP contribution in [0.4, 0.5) is 4.79 Å². The number of nitrogens with one attached hydrogen (secondary N) is 1. The number of hydrogen-bond donors (Lipinski definition) is 2. The first-order valence-electron chi connectivity index (χ1n) is 6.35. The number of carboxylic acid groups (broad SMARTS) is 1. The molecular weight excluding hydrogens is 264 g/mol. The van der Waals surface area contributed by atoms with Crippen LogP contribution >= 0.6 is 11.3 Å². The minimum atomic E-state index is -0.814. The van der Waals surface area contributed by atoms with Gasteiger partial charge >= 0.3 is 12.0 Å². The minimum absolute atomic E-state index is 0.170. The van der Waals surface area contributed by atoms with Crippen LogP contribution in [-0.2, 0) is 11.3 Å². The van der Waals surface area contributed by atoms with E-state index in [-0.39, 0.29) is 6.03 Å².